The third kappa shape index (κ3) is 3.04. The molecule has 1 saturated heterocycles. The zero-order valence-electron chi connectivity index (χ0n) is 14.8. The number of aryl methyl sites for hydroxylation is 3. The summed E-state index contributed by atoms with van der Waals surface area (Å²) < 4.78 is 2.01. The molecule has 1 amide bonds. The maximum absolute atomic E-state index is 12.4. The van der Waals surface area contributed by atoms with Gasteiger partial charge >= 0.3 is 0 Å². The van der Waals surface area contributed by atoms with Gasteiger partial charge in [-0.15, -0.1) is 0 Å². The third-order valence-electron chi connectivity index (χ3n) is 4.26. The lowest BCUT2D eigenvalue weighted by Crippen LogP contribution is -2.19. The van der Waals surface area contributed by atoms with E-state index in [0.717, 1.165) is 33.8 Å². The molecular weight excluding hydrogens is 344 g/mol. The van der Waals surface area contributed by atoms with E-state index in [9.17, 15) is 4.79 Å². The van der Waals surface area contributed by atoms with Crippen LogP contribution in [0.3, 0.4) is 0 Å². The highest BCUT2D eigenvalue weighted by Gasteiger charge is 2.24. The number of hydrogen-bond donors (Lipinski definition) is 1. The molecule has 1 aromatic carbocycles. The first-order valence-electron chi connectivity index (χ1n) is 8.32. The van der Waals surface area contributed by atoms with E-state index in [-0.39, 0.29) is 5.91 Å². The molecule has 6 heteroatoms. The molecule has 1 fully saturated rings. The van der Waals surface area contributed by atoms with Crippen molar-refractivity contribution in [1.29, 1.82) is 0 Å². The molecule has 130 valence electrons. The molecule has 0 atom stereocenters. The van der Waals surface area contributed by atoms with Gasteiger partial charge in [-0.25, -0.2) is 9.98 Å². The summed E-state index contributed by atoms with van der Waals surface area (Å²) in [6.07, 6.45) is 3.79. The second-order valence-electron chi connectivity index (χ2n) is 6.27. The standard InChI is InChI=1S/C20H18N4OS/c1-12-7-8-13(2)15(10-12)22-20-23-19(25)18(26-20)11-16-17-6-4-5-9-24(17)14(3)21-16/h4-11H,1-3H3,(H,22,23,25)/b18-11-. The molecule has 26 heavy (non-hydrogen) atoms. The van der Waals surface area contributed by atoms with Crippen molar-refractivity contribution in [3.05, 3.63) is 70.1 Å². The number of thioether (sulfide) groups is 1. The summed E-state index contributed by atoms with van der Waals surface area (Å²) in [7, 11) is 0. The van der Waals surface area contributed by atoms with Crippen molar-refractivity contribution in [2.45, 2.75) is 20.8 Å². The fourth-order valence-electron chi connectivity index (χ4n) is 2.88. The van der Waals surface area contributed by atoms with Crippen LogP contribution in [0, 0.1) is 20.8 Å². The summed E-state index contributed by atoms with van der Waals surface area (Å²) in [5.41, 5.74) is 4.85. The molecule has 0 unspecified atom stereocenters. The minimum absolute atomic E-state index is 0.145. The van der Waals surface area contributed by atoms with Crippen LogP contribution in [0.1, 0.15) is 22.6 Å². The van der Waals surface area contributed by atoms with Gasteiger partial charge in [-0.3, -0.25) is 4.79 Å². The number of aromatic nitrogens is 2. The zero-order chi connectivity index (χ0) is 18.3. The molecule has 0 bridgehead atoms. The average Bonchev–Trinajstić information content (AvgIpc) is 3.12. The molecule has 0 spiro atoms. The smallest absolute Gasteiger partial charge is 0.264 e. The Balaban J connectivity index is 1.68. The molecule has 3 aromatic rings. The maximum atomic E-state index is 12.4. The van der Waals surface area contributed by atoms with Crippen LogP contribution in [-0.2, 0) is 4.79 Å². The molecule has 5 nitrogen and oxygen atoms in total. The van der Waals surface area contributed by atoms with E-state index >= 15 is 0 Å². The zero-order valence-corrected chi connectivity index (χ0v) is 15.6. The monoisotopic (exact) mass is 362 g/mol. The largest absolute Gasteiger partial charge is 0.303 e. The summed E-state index contributed by atoms with van der Waals surface area (Å²) in [6, 6.07) is 12.0. The molecule has 1 aliphatic heterocycles. The van der Waals surface area contributed by atoms with E-state index in [1.165, 1.54) is 11.8 Å². The van der Waals surface area contributed by atoms with E-state index in [2.05, 4.69) is 21.4 Å². The van der Waals surface area contributed by atoms with Crippen LogP contribution in [0.2, 0.25) is 0 Å². The number of pyridine rings is 1. The van der Waals surface area contributed by atoms with Crippen molar-refractivity contribution >= 4 is 40.1 Å². The first-order chi connectivity index (χ1) is 12.5. The number of fused-ring (bicyclic) bond motifs is 1. The van der Waals surface area contributed by atoms with E-state index in [1.807, 2.05) is 67.8 Å². The minimum atomic E-state index is -0.145. The van der Waals surface area contributed by atoms with E-state index in [0.29, 0.717) is 10.1 Å². The summed E-state index contributed by atoms with van der Waals surface area (Å²) in [6.45, 7) is 5.99. The van der Waals surface area contributed by atoms with Crippen LogP contribution in [0.5, 0.6) is 0 Å². The topological polar surface area (TPSA) is 58.8 Å². The number of imidazole rings is 1. The summed E-state index contributed by atoms with van der Waals surface area (Å²) in [5, 5.41) is 3.44. The number of benzene rings is 1. The Morgan fingerprint density at radius 3 is 2.88 bits per heavy atom. The number of carbonyl (C=O) groups is 1. The first kappa shape index (κ1) is 16.6. The van der Waals surface area contributed by atoms with Gasteiger partial charge in [-0.1, -0.05) is 18.2 Å². The highest BCUT2D eigenvalue weighted by Crippen LogP contribution is 2.30. The molecule has 4 rings (SSSR count). The van der Waals surface area contributed by atoms with Crippen molar-refractivity contribution in [1.82, 2.24) is 14.7 Å². The Labute approximate surface area is 155 Å². The number of hydrogen-bond acceptors (Lipinski definition) is 4. The Morgan fingerprint density at radius 1 is 1.19 bits per heavy atom. The Kier molecular flexibility index (Phi) is 4.12. The number of nitrogens with zero attached hydrogens (tertiary/aromatic N) is 3. The van der Waals surface area contributed by atoms with Crippen LogP contribution in [0.4, 0.5) is 5.69 Å². The number of amides is 1. The van der Waals surface area contributed by atoms with Crippen LogP contribution in [-0.4, -0.2) is 20.5 Å². The second-order valence-corrected chi connectivity index (χ2v) is 7.30. The van der Waals surface area contributed by atoms with Crippen LogP contribution in [0.25, 0.3) is 11.6 Å². The van der Waals surface area contributed by atoms with Gasteiger partial charge in [0.15, 0.2) is 5.17 Å². The summed E-state index contributed by atoms with van der Waals surface area (Å²) >= 11 is 1.34. The number of aliphatic imine (C=N–C) groups is 1. The van der Waals surface area contributed by atoms with E-state index < -0.39 is 0 Å². The van der Waals surface area contributed by atoms with Gasteiger partial charge in [0, 0.05) is 6.20 Å². The van der Waals surface area contributed by atoms with Crippen molar-refractivity contribution in [3.8, 4) is 0 Å². The predicted octanol–water partition coefficient (Wildman–Crippen LogP) is 4.15. The van der Waals surface area contributed by atoms with Crippen LogP contribution >= 0.6 is 11.8 Å². The van der Waals surface area contributed by atoms with Gasteiger partial charge in [0.05, 0.1) is 21.8 Å². The highest BCUT2D eigenvalue weighted by atomic mass is 32.2. The number of rotatable bonds is 2. The lowest BCUT2D eigenvalue weighted by atomic mass is 10.1. The first-order valence-corrected chi connectivity index (χ1v) is 9.13. The van der Waals surface area contributed by atoms with Crippen molar-refractivity contribution in [2.24, 2.45) is 4.99 Å². The second kappa shape index (κ2) is 6.46. The lowest BCUT2D eigenvalue weighted by Gasteiger charge is -2.02. The maximum Gasteiger partial charge on any atom is 0.264 e. The fraction of sp³-hybridized carbons (Fsp3) is 0.150. The van der Waals surface area contributed by atoms with Gasteiger partial charge in [0.1, 0.15) is 5.82 Å². The van der Waals surface area contributed by atoms with Crippen molar-refractivity contribution in [2.75, 3.05) is 0 Å². The van der Waals surface area contributed by atoms with Gasteiger partial charge in [-0.05, 0) is 67.9 Å². The van der Waals surface area contributed by atoms with Gasteiger partial charge in [-0.2, -0.15) is 0 Å². The van der Waals surface area contributed by atoms with Gasteiger partial charge < -0.3 is 9.72 Å². The third-order valence-corrected chi connectivity index (χ3v) is 5.17. The fourth-order valence-corrected chi connectivity index (χ4v) is 3.69. The Bertz CT molecular complexity index is 1090. The van der Waals surface area contributed by atoms with Crippen molar-refractivity contribution in [3.63, 3.8) is 0 Å². The molecule has 1 N–H and O–H groups in total. The molecule has 2 aromatic heterocycles. The predicted molar refractivity (Wildman–Crippen MR) is 107 cm³/mol. The number of amidine groups is 1. The van der Waals surface area contributed by atoms with Gasteiger partial charge in [0.25, 0.3) is 5.91 Å². The normalized spacial score (nSPS) is 17.4. The number of carbonyl (C=O) groups excluding carboxylic acids is 1. The van der Waals surface area contributed by atoms with Crippen LogP contribution < -0.4 is 5.32 Å². The highest BCUT2D eigenvalue weighted by molar-refractivity contribution is 8.18. The molecule has 0 aliphatic carbocycles. The SMILES string of the molecule is Cc1ccc(C)c(N=C2NC(=O)/C(=C/c3nc(C)n4ccccc34)S2)c1. The summed E-state index contributed by atoms with van der Waals surface area (Å²) in [4.78, 5) is 22.1. The number of nitrogens with one attached hydrogen (secondary N) is 1. The molecule has 0 saturated carbocycles. The van der Waals surface area contributed by atoms with E-state index in [4.69, 9.17) is 0 Å². The Morgan fingerprint density at radius 2 is 2.04 bits per heavy atom. The quantitative estimate of drug-likeness (QED) is 0.697. The molecule has 0 radical (unpaired) electrons. The van der Waals surface area contributed by atoms with Crippen molar-refractivity contribution < 1.29 is 4.79 Å². The van der Waals surface area contributed by atoms with Crippen LogP contribution in [0.15, 0.2) is 52.5 Å². The summed E-state index contributed by atoms with van der Waals surface area (Å²) in [5.74, 6) is 0.744. The lowest BCUT2D eigenvalue weighted by molar-refractivity contribution is -0.115. The van der Waals surface area contributed by atoms with E-state index in [1.54, 1.807) is 0 Å². The van der Waals surface area contributed by atoms with Gasteiger partial charge in [0.2, 0.25) is 0 Å². The molecule has 1 aliphatic rings. The minimum Gasteiger partial charge on any atom is -0.303 e. The molecule has 3 heterocycles. The molecular formula is C20H18N4OS. The average molecular weight is 362 g/mol. The Hall–Kier alpha value is -2.86.